The number of aromatic nitrogens is 2. The van der Waals surface area contributed by atoms with E-state index in [4.69, 9.17) is 4.74 Å². The summed E-state index contributed by atoms with van der Waals surface area (Å²) in [5.41, 5.74) is 1.80. The lowest BCUT2D eigenvalue weighted by atomic mass is 10.1. The largest absolute Gasteiger partial charge is 0.496 e. The summed E-state index contributed by atoms with van der Waals surface area (Å²) in [5, 5.41) is 7.59. The first-order valence-corrected chi connectivity index (χ1v) is 7.05. The van der Waals surface area contributed by atoms with Crippen molar-refractivity contribution in [2.75, 3.05) is 13.7 Å². The topological polar surface area (TPSA) is 56.2 Å². The Balaban J connectivity index is 2.33. The summed E-state index contributed by atoms with van der Waals surface area (Å²) >= 11 is 0. The highest BCUT2D eigenvalue weighted by Crippen LogP contribution is 2.25. The van der Waals surface area contributed by atoms with Crippen LogP contribution in [-0.2, 0) is 6.54 Å². The van der Waals surface area contributed by atoms with E-state index < -0.39 is 0 Å². The molecule has 5 heteroatoms. The van der Waals surface area contributed by atoms with Gasteiger partial charge in [0.1, 0.15) is 5.75 Å². The third-order valence-electron chi connectivity index (χ3n) is 3.33. The molecule has 0 aliphatic rings. The third-order valence-corrected chi connectivity index (χ3v) is 3.33. The van der Waals surface area contributed by atoms with Gasteiger partial charge in [-0.25, -0.2) is 4.68 Å². The zero-order valence-corrected chi connectivity index (χ0v) is 12.7. The number of nitrogens with zero attached hydrogens (tertiary/aromatic N) is 2. The molecule has 0 aliphatic heterocycles. The van der Waals surface area contributed by atoms with Gasteiger partial charge in [-0.15, -0.1) is 0 Å². The molecular formula is C16H21N3O2. The van der Waals surface area contributed by atoms with Crippen molar-refractivity contribution in [3.05, 3.63) is 58.0 Å². The first-order chi connectivity index (χ1) is 10.2. The van der Waals surface area contributed by atoms with Crippen LogP contribution in [0.2, 0.25) is 0 Å². The van der Waals surface area contributed by atoms with E-state index in [1.165, 1.54) is 4.68 Å². The normalized spacial score (nSPS) is 12.1. The molecule has 0 saturated heterocycles. The zero-order chi connectivity index (χ0) is 15.2. The molecule has 21 heavy (non-hydrogen) atoms. The molecule has 0 fully saturated rings. The number of benzene rings is 1. The quantitative estimate of drug-likeness (QED) is 0.882. The van der Waals surface area contributed by atoms with Gasteiger partial charge in [0.25, 0.3) is 5.56 Å². The first kappa shape index (κ1) is 15.3. The van der Waals surface area contributed by atoms with Gasteiger partial charge < -0.3 is 10.1 Å². The van der Waals surface area contributed by atoms with Gasteiger partial charge in [-0.3, -0.25) is 4.79 Å². The van der Waals surface area contributed by atoms with Gasteiger partial charge in [0, 0.05) is 11.6 Å². The van der Waals surface area contributed by atoms with E-state index >= 15 is 0 Å². The SMILES string of the molecule is CCNC(Cn1ncc(C)cc1=O)c1ccccc1OC. The summed E-state index contributed by atoms with van der Waals surface area (Å²) in [6.07, 6.45) is 1.70. The number of methoxy groups -OCH3 is 1. The summed E-state index contributed by atoms with van der Waals surface area (Å²) in [5.74, 6) is 0.809. The fourth-order valence-electron chi connectivity index (χ4n) is 2.31. The lowest BCUT2D eigenvalue weighted by molar-refractivity contribution is 0.382. The molecule has 1 aromatic carbocycles. The molecule has 1 unspecified atom stereocenters. The molecule has 1 heterocycles. The van der Waals surface area contributed by atoms with Crippen LogP contribution in [0.3, 0.4) is 0 Å². The Morgan fingerprint density at radius 3 is 2.81 bits per heavy atom. The van der Waals surface area contributed by atoms with Crippen molar-refractivity contribution >= 4 is 0 Å². The lowest BCUT2D eigenvalue weighted by Crippen LogP contribution is -2.32. The predicted molar refractivity (Wildman–Crippen MR) is 82.6 cm³/mol. The van der Waals surface area contributed by atoms with Gasteiger partial charge in [-0.2, -0.15) is 5.10 Å². The number of likely N-dealkylation sites (N-methyl/N-ethyl adjacent to an activating group) is 1. The van der Waals surface area contributed by atoms with Crippen LogP contribution in [-0.4, -0.2) is 23.4 Å². The second-order valence-electron chi connectivity index (χ2n) is 4.91. The lowest BCUT2D eigenvalue weighted by Gasteiger charge is -2.21. The maximum absolute atomic E-state index is 12.0. The smallest absolute Gasteiger partial charge is 0.267 e. The van der Waals surface area contributed by atoms with Gasteiger partial charge in [0.05, 0.1) is 25.9 Å². The average Bonchev–Trinajstić information content (AvgIpc) is 2.49. The molecule has 0 aliphatic carbocycles. The molecule has 112 valence electrons. The highest BCUT2D eigenvalue weighted by atomic mass is 16.5. The minimum atomic E-state index is -0.0900. The van der Waals surface area contributed by atoms with E-state index in [1.807, 2.05) is 38.1 Å². The van der Waals surface area contributed by atoms with Gasteiger partial charge >= 0.3 is 0 Å². The van der Waals surface area contributed by atoms with Crippen molar-refractivity contribution in [2.45, 2.75) is 26.4 Å². The number of rotatable bonds is 6. The minimum Gasteiger partial charge on any atom is -0.496 e. The van der Waals surface area contributed by atoms with Crippen molar-refractivity contribution in [1.82, 2.24) is 15.1 Å². The second-order valence-corrected chi connectivity index (χ2v) is 4.91. The van der Waals surface area contributed by atoms with E-state index in [0.717, 1.165) is 23.4 Å². The molecule has 0 amide bonds. The molecule has 1 aromatic heterocycles. The number of aryl methyl sites for hydroxylation is 1. The van der Waals surface area contributed by atoms with E-state index in [1.54, 1.807) is 19.4 Å². The molecule has 5 nitrogen and oxygen atoms in total. The van der Waals surface area contributed by atoms with E-state index in [2.05, 4.69) is 10.4 Å². The van der Waals surface area contributed by atoms with Crippen molar-refractivity contribution in [1.29, 1.82) is 0 Å². The summed E-state index contributed by atoms with van der Waals surface area (Å²) in [7, 11) is 1.65. The van der Waals surface area contributed by atoms with Crippen LogP contribution in [0, 0.1) is 6.92 Å². The Labute approximate surface area is 124 Å². The summed E-state index contributed by atoms with van der Waals surface area (Å²) in [4.78, 5) is 12.0. The van der Waals surface area contributed by atoms with Crippen molar-refractivity contribution in [3.8, 4) is 5.75 Å². The molecule has 0 bridgehead atoms. The average molecular weight is 287 g/mol. The number of nitrogens with one attached hydrogen (secondary N) is 1. The fourth-order valence-corrected chi connectivity index (χ4v) is 2.31. The van der Waals surface area contributed by atoms with Gasteiger partial charge in [0.2, 0.25) is 0 Å². The molecule has 0 saturated carbocycles. The van der Waals surface area contributed by atoms with Crippen LogP contribution in [0.1, 0.15) is 24.1 Å². The van der Waals surface area contributed by atoms with Crippen LogP contribution in [0.5, 0.6) is 5.75 Å². The first-order valence-electron chi connectivity index (χ1n) is 7.05. The number of ether oxygens (including phenoxy) is 1. The van der Waals surface area contributed by atoms with E-state index in [0.29, 0.717) is 6.54 Å². The standard InChI is InChI=1S/C16H21N3O2/c1-4-17-14(13-7-5-6-8-15(13)21-3)11-19-16(20)9-12(2)10-18-19/h5-10,14,17H,4,11H2,1-3H3. The minimum absolute atomic E-state index is 0.0287. The summed E-state index contributed by atoms with van der Waals surface area (Å²) < 4.78 is 6.89. The molecule has 0 radical (unpaired) electrons. The Bertz CT molecular complexity index is 652. The van der Waals surface area contributed by atoms with Crippen molar-refractivity contribution in [2.24, 2.45) is 0 Å². The zero-order valence-electron chi connectivity index (χ0n) is 12.7. The maximum atomic E-state index is 12.0. The predicted octanol–water partition coefficient (Wildman–Crippen LogP) is 1.91. The molecule has 2 rings (SSSR count). The van der Waals surface area contributed by atoms with Gasteiger partial charge in [-0.1, -0.05) is 25.1 Å². The van der Waals surface area contributed by atoms with Gasteiger partial charge in [0.15, 0.2) is 0 Å². The summed E-state index contributed by atoms with van der Waals surface area (Å²) in [6, 6.07) is 9.39. The number of hydrogen-bond donors (Lipinski definition) is 1. The van der Waals surface area contributed by atoms with Crippen LogP contribution >= 0.6 is 0 Å². The highest BCUT2D eigenvalue weighted by molar-refractivity contribution is 5.35. The second kappa shape index (κ2) is 7.04. The Hall–Kier alpha value is -2.14. The van der Waals surface area contributed by atoms with Crippen LogP contribution in [0.25, 0.3) is 0 Å². The molecule has 1 atom stereocenters. The van der Waals surface area contributed by atoms with Crippen LogP contribution in [0.15, 0.2) is 41.3 Å². The molecule has 2 aromatic rings. The van der Waals surface area contributed by atoms with Crippen LogP contribution < -0.4 is 15.6 Å². The maximum Gasteiger partial charge on any atom is 0.267 e. The number of hydrogen-bond acceptors (Lipinski definition) is 4. The fraction of sp³-hybridized carbons (Fsp3) is 0.375. The molecule has 0 spiro atoms. The summed E-state index contributed by atoms with van der Waals surface area (Å²) in [6.45, 7) is 5.16. The van der Waals surface area contributed by atoms with E-state index in [9.17, 15) is 4.79 Å². The monoisotopic (exact) mass is 287 g/mol. The Morgan fingerprint density at radius 2 is 2.14 bits per heavy atom. The Morgan fingerprint density at radius 1 is 1.38 bits per heavy atom. The third kappa shape index (κ3) is 3.70. The number of para-hydroxylation sites is 1. The Kier molecular flexibility index (Phi) is 5.11. The molecular weight excluding hydrogens is 266 g/mol. The van der Waals surface area contributed by atoms with Crippen molar-refractivity contribution in [3.63, 3.8) is 0 Å². The van der Waals surface area contributed by atoms with Crippen molar-refractivity contribution < 1.29 is 4.74 Å². The van der Waals surface area contributed by atoms with Crippen LogP contribution in [0.4, 0.5) is 0 Å². The van der Waals surface area contributed by atoms with Gasteiger partial charge in [-0.05, 0) is 25.1 Å². The molecule has 1 N–H and O–H groups in total. The van der Waals surface area contributed by atoms with E-state index in [-0.39, 0.29) is 11.6 Å². The highest BCUT2D eigenvalue weighted by Gasteiger charge is 2.16.